The van der Waals surface area contributed by atoms with Crippen LogP contribution in [-0.2, 0) is 14.6 Å². The fourth-order valence-electron chi connectivity index (χ4n) is 1.73. The Balaban J connectivity index is 2.14. The second kappa shape index (κ2) is 4.14. The van der Waals surface area contributed by atoms with E-state index in [9.17, 15) is 13.2 Å². The standard InChI is InChI=1S/C12H15NO3S/c1-8-6-11(8)12(14)13-9-4-3-5-10(7-9)17(2,15)16/h3-5,7-8,11H,6H2,1-2H3,(H,13,14)/t8-,11+/m0/s1. The highest BCUT2D eigenvalue weighted by molar-refractivity contribution is 7.90. The summed E-state index contributed by atoms with van der Waals surface area (Å²) < 4.78 is 22.7. The van der Waals surface area contributed by atoms with E-state index in [1.807, 2.05) is 6.92 Å². The molecule has 0 radical (unpaired) electrons. The molecule has 2 atom stereocenters. The highest BCUT2D eigenvalue weighted by Crippen LogP contribution is 2.38. The monoisotopic (exact) mass is 253 g/mol. The average molecular weight is 253 g/mol. The lowest BCUT2D eigenvalue weighted by atomic mass is 10.3. The van der Waals surface area contributed by atoms with Crippen molar-refractivity contribution in [2.24, 2.45) is 11.8 Å². The first kappa shape index (κ1) is 12.1. The third kappa shape index (κ3) is 2.85. The number of hydrogen-bond acceptors (Lipinski definition) is 3. The summed E-state index contributed by atoms with van der Waals surface area (Å²) in [6.07, 6.45) is 2.06. The van der Waals surface area contributed by atoms with Crippen LogP contribution >= 0.6 is 0 Å². The second-order valence-corrected chi connectivity index (χ2v) is 6.62. The Bertz CT molecular complexity index is 551. The molecule has 17 heavy (non-hydrogen) atoms. The second-order valence-electron chi connectivity index (χ2n) is 4.61. The third-order valence-corrected chi connectivity index (χ3v) is 4.09. The van der Waals surface area contributed by atoms with Gasteiger partial charge in [-0.05, 0) is 30.5 Å². The molecule has 0 bridgehead atoms. The van der Waals surface area contributed by atoms with Gasteiger partial charge in [0.05, 0.1) is 4.90 Å². The molecule has 0 heterocycles. The van der Waals surface area contributed by atoms with Crippen molar-refractivity contribution in [2.75, 3.05) is 11.6 Å². The van der Waals surface area contributed by atoms with Crippen LogP contribution in [0, 0.1) is 11.8 Å². The van der Waals surface area contributed by atoms with Gasteiger partial charge in [0.2, 0.25) is 5.91 Å². The SMILES string of the molecule is C[C@H]1C[C@H]1C(=O)Nc1cccc(S(C)(=O)=O)c1. The highest BCUT2D eigenvalue weighted by atomic mass is 32.2. The zero-order valence-electron chi connectivity index (χ0n) is 9.80. The molecule has 4 nitrogen and oxygen atoms in total. The molecule has 1 aromatic carbocycles. The smallest absolute Gasteiger partial charge is 0.227 e. The van der Waals surface area contributed by atoms with Crippen LogP contribution in [-0.4, -0.2) is 20.6 Å². The minimum absolute atomic E-state index is 0.0249. The summed E-state index contributed by atoms with van der Waals surface area (Å²) in [6, 6.07) is 6.33. The number of nitrogens with one attached hydrogen (secondary N) is 1. The molecular formula is C12H15NO3S. The quantitative estimate of drug-likeness (QED) is 0.891. The number of amides is 1. The molecule has 0 saturated heterocycles. The summed E-state index contributed by atoms with van der Waals surface area (Å²) in [7, 11) is -3.23. The topological polar surface area (TPSA) is 63.2 Å². The molecule has 1 saturated carbocycles. The Kier molecular flexibility index (Phi) is 2.95. The zero-order valence-corrected chi connectivity index (χ0v) is 10.6. The lowest BCUT2D eigenvalue weighted by molar-refractivity contribution is -0.117. The molecule has 1 aromatic rings. The predicted molar refractivity (Wildman–Crippen MR) is 65.5 cm³/mol. The minimum Gasteiger partial charge on any atom is -0.326 e. The number of hydrogen-bond donors (Lipinski definition) is 1. The van der Waals surface area contributed by atoms with Crippen LogP contribution in [0.5, 0.6) is 0 Å². The van der Waals surface area contributed by atoms with E-state index in [0.717, 1.165) is 12.7 Å². The maximum Gasteiger partial charge on any atom is 0.227 e. The van der Waals surface area contributed by atoms with Crippen molar-refractivity contribution < 1.29 is 13.2 Å². The summed E-state index contributed by atoms with van der Waals surface area (Å²) in [4.78, 5) is 11.9. The van der Waals surface area contributed by atoms with Gasteiger partial charge in [-0.1, -0.05) is 13.0 Å². The third-order valence-electron chi connectivity index (χ3n) is 2.98. The Morgan fingerprint density at radius 3 is 2.59 bits per heavy atom. The van der Waals surface area contributed by atoms with Crippen LogP contribution in [0.2, 0.25) is 0 Å². The van der Waals surface area contributed by atoms with E-state index in [-0.39, 0.29) is 16.7 Å². The number of carbonyl (C=O) groups excluding carboxylic acids is 1. The first-order valence-electron chi connectivity index (χ1n) is 5.49. The summed E-state index contributed by atoms with van der Waals surface area (Å²) in [5.74, 6) is 0.494. The van der Waals surface area contributed by atoms with Crippen LogP contribution in [0.1, 0.15) is 13.3 Å². The van der Waals surface area contributed by atoms with Crippen molar-refractivity contribution in [2.45, 2.75) is 18.2 Å². The fraction of sp³-hybridized carbons (Fsp3) is 0.417. The predicted octanol–water partition coefficient (Wildman–Crippen LogP) is 1.68. The summed E-state index contributed by atoms with van der Waals surface area (Å²) in [5, 5.41) is 2.74. The van der Waals surface area contributed by atoms with E-state index in [4.69, 9.17) is 0 Å². The molecule has 0 spiro atoms. The van der Waals surface area contributed by atoms with Crippen molar-refractivity contribution in [3.05, 3.63) is 24.3 Å². The molecule has 1 N–H and O–H groups in total. The molecule has 1 fully saturated rings. The normalized spacial score (nSPS) is 23.2. The van der Waals surface area contributed by atoms with E-state index >= 15 is 0 Å². The average Bonchev–Trinajstić information content (AvgIpc) is 2.95. The lowest BCUT2D eigenvalue weighted by Crippen LogP contribution is -2.14. The van der Waals surface area contributed by atoms with Crippen LogP contribution in [0.4, 0.5) is 5.69 Å². The van der Waals surface area contributed by atoms with Gasteiger partial charge >= 0.3 is 0 Å². The molecule has 0 unspecified atom stereocenters. The maximum absolute atomic E-state index is 11.7. The Morgan fingerprint density at radius 2 is 2.06 bits per heavy atom. The summed E-state index contributed by atoms with van der Waals surface area (Å²) in [5.41, 5.74) is 0.539. The first-order chi connectivity index (χ1) is 7.88. The first-order valence-corrected chi connectivity index (χ1v) is 7.38. The van der Waals surface area contributed by atoms with Crippen LogP contribution < -0.4 is 5.32 Å². The van der Waals surface area contributed by atoms with Gasteiger partial charge in [0.25, 0.3) is 0 Å². The van der Waals surface area contributed by atoms with Crippen molar-refractivity contribution in [3.63, 3.8) is 0 Å². The molecule has 5 heteroatoms. The van der Waals surface area contributed by atoms with E-state index in [2.05, 4.69) is 5.32 Å². The molecule has 1 aliphatic rings. The fourth-order valence-corrected chi connectivity index (χ4v) is 2.39. The van der Waals surface area contributed by atoms with E-state index < -0.39 is 9.84 Å². The molecule has 1 amide bonds. The van der Waals surface area contributed by atoms with Crippen molar-refractivity contribution in [3.8, 4) is 0 Å². The van der Waals surface area contributed by atoms with Gasteiger partial charge in [-0.15, -0.1) is 0 Å². The van der Waals surface area contributed by atoms with Gasteiger partial charge in [-0.2, -0.15) is 0 Å². The Labute approximate surface area is 101 Å². The number of carbonyl (C=O) groups is 1. The molecular weight excluding hydrogens is 238 g/mol. The van der Waals surface area contributed by atoms with Crippen LogP contribution in [0.3, 0.4) is 0 Å². The number of benzene rings is 1. The zero-order chi connectivity index (χ0) is 12.6. The molecule has 0 aliphatic heterocycles. The van der Waals surface area contributed by atoms with Gasteiger partial charge in [-0.3, -0.25) is 4.79 Å². The van der Waals surface area contributed by atoms with Gasteiger partial charge in [0, 0.05) is 17.9 Å². The Morgan fingerprint density at radius 1 is 1.41 bits per heavy atom. The maximum atomic E-state index is 11.7. The largest absolute Gasteiger partial charge is 0.326 e. The summed E-state index contributed by atoms with van der Waals surface area (Å²) >= 11 is 0. The van der Waals surface area contributed by atoms with Crippen molar-refractivity contribution >= 4 is 21.4 Å². The van der Waals surface area contributed by atoms with Crippen LogP contribution in [0.25, 0.3) is 0 Å². The molecule has 0 aromatic heterocycles. The molecule has 1 aliphatic carbocycles. The van der Waals surface area contributed by atoms with E-state index in [0.29, 0.717) is 11.6 Å². The molecule has 2 rings (SSSR count). The van der Waals surface area contributed by atoms with Gasteiger partial charge in [0.1, 0.15) is 0 Å². The highest BCUT2D eigenvalue weighted by Gasteiger charge is 2.39. The van der Waals surface area contributed by atoms with Gasteiger partial charge in [0.15, 0.2) is 9.84 Å². The lowest BCUT2D eigenvalue weighted by Gasteiger charge is -2.06. The van der Waals surface area contributed by atoms with Crippen molar-refractivity contribution in [1.29, 1.82) is 0 Å². The molecule has 92 valence electrons. The summed E-state index contributed by atoms with van der Waals surface area (Å²) in [6.45, 7) is 2.02. The van der Waals surface area contributed by atoms with Crippen LogP contribution in [0.15, 0.2) is 29.2 Å². The van der Waals surface area contributed by atoms with Gasteiger partial charge in [-0.25, -0.2) is 8.42 Å². The van der Waals surface area contributed by atoms with E-state index in [1.54, 1.807) is 12.1 Å². The Hall–Kier alpha value is -1.36. The number of anilines is 1. The van der Waals surface area contributed by atoms with E-state index in [1.165, 1.54) is 12.1 Å². The van der Waals surface area contributed by atoms with Crippen molar-refractivity contribution in [1.82, 2.24) is 0 Å². The number of rotatable bonds is 3. The van der Waals surface area contributed by atoms with Gasteiger partial charge < -0.3 is 5.32 Å². The number of sulfone groups is 1. The minimum atomic E-state index is -3.23.